The maximum atomic E-state index is 13.9. The topological polar surface area (TPSA) is 27.1 Å². The molecule has 0 atom stereocenters. The first-order valence-corrected chi connectivity index (χ1v) is 6.50. The summed E-state index contributed by atoms with van der Waals surface area (Å²) in [6.07, 6.45) is 3.23. The second-order valence-electron chi connectivity index (χ2n) is 4.66. The first-order chi connectivity index (χ1) is 9.24. The summed E-state index contributed by atoms with van der Waals surface area (Å²) in [5.74, 6) is 0.620. The van der Waals surface area contributed by atoms with Gasteiger partial charge >= 0.3 is 0 Å². The second-order valence-corrected chi connectivity index (χ2v) is 5.05. The average Bonchev–Trinajstić information content (AvgIpc) is 2.79. The predicted octanol–water partition coefficient (Wildman–Crippen LogP) is 2.21. The fraction of sp³-hybridized carbons (Fsp3) is 0.214. The van der Waals surface area contributed by atoms with Gasteiger partial charge in [-0.05, 0) is 24.6 Å². The standard InChI is InChI=1S/C14H10ClFN2O/c15-13-5-4-12-14(17-13)11-6-8-9(16)2-1-3-10(8)18(11)7-19-12/h3-6H,1-2,7H2. The van der Waals surface area contributed by atoms with Crippen LogP contribution in [0.2, 0.25) is 5.15 Å². The summed E-state index contributed by atoms with van der Waals surface area (Å²) in [7, 11) is 0. The Morgan fingerprint density at radius 2 is 2.26 bits per heavy atom. The van der Waals surface area contributed by atoms with Crippen LogP contribution < -0.4 is 15.3 Å². The molecule has 3 nitrogen and oxygen atoms in total. The smallest absolute Gasteiger partial charge is 0.165 e. The lowest BCUT2D eigenvalue weighted by Gasteiger charge is -2.19. The van der Waals surface area contributed by atoms with Crippen molar-refractivity contribution in [3.8, 4) is 17.1 Å². The first kappa shape index (κ1) is 11.1. The van der Waals surface area contributed by atoms with Crippen molar-refractivity contribution in [2.75, 3.05) is 0 Å². The molecule has 4 rings (SSSR count). The minimum atomic E-state index is -0.0667. The summed E-state index contributed by atoms with van der Waals surface area (Å²) >= 11 is 5.94. The maximum absolute atomic E-state index is 13.9. The number of halogens is 2. The van der Waals surface area contributed by atoms with Gasteiger partial charge in [-0.3, -0.25) is 0 Å². The van der Waals surface area contributed by atoms with Crippen molar-refractivity contribution in [2.24, 2.45) is 0 Å². The molecule has 0 N–H and O–H groups in total. The number of aromatic nitrogens is 2. The van der Waals surface area contributed by atoms with Gasteiger partial charge in [0, 0.05) is 11.6 Å². The van der Waals surface area contributed by atoms with Crippen molar-refractivity contribution >= 4 is 23.5 Å². The molecule has 0 saturated heterocycles. The molecule has 0 fully saturated rings. The molecule has 19 heavy (non-hydrogen) atoms. The van der Waals surface area contributed by atoms with Crippen LogP contribution >= 0.6 is 11.6 Å². The van der Waals surface area contributed by atoms with Crippen LogP contribution in [0.3, 0.4) is 0 Å². The summed E-state index contributed by atoms with van der Waals surface area (Å²) in [5.41, 5.74) is 1.54. The first-order valence-electron chi connectivity index (χ1n) is 6.12. The van der Waals surface area contributed by atoms with E-state index in [9.17, 15) is 4.39 Å². The molecule has 2 aliphatic rings. The fourth-order valence-electron chi connectivity index (χ4n) is 2.66. The van der Waals surface area contributed by atoms with Gasteiger partial charge in [-0.1, -0.05) is 17.7 Å². The van der Waals surface area contributed by atoms with E-state index < -0.39 is 0 Å². The van der Waals surface area contributed by atoms with E-state index in [1.54, 1.807) is 12.1 Å². The van der Waals surface area contributed by atoms with Crippen LogP contribution in [-0.4, -0.2) is 9.55 Å². The molecule has 2 aromatic heterocycles. The van der Waals surface area contributed by atoms with E-state index in [2.05, 4.69) is 4.98 Å². The van der Waals surface area contributed by atoms with Gasteiger partial charge in [0.1, 0.15) is 22.4 Å². The van der Waals surface area contributed by atoms with Crippen LogP contribution in [0.4, 0.5) is 4.39 Å². The zero-order valence-corrected chi connectivity index (χ0v) is 10.7. The largest absolute Gasteiger partial charge is 0.470 e. The lowest BCUT2D eigenvalue weighted by molar-refractivity contribution is 0.226. The lowest BCUT2D eigenvalue weighted by Crippen LogP contribution is -2.34. The number of ether oxygens (including phenoxy) is 1. The number of hydrogen-bond donors (Lipinski definition) is 0. The van der Waals surface area contributed by atoms with Crippen LogP contribution in [-0.2, 0) is 6.73 Å². The summed E-state index contributed by atoms with van der Waals surface area (Å²) < 4.78 is 21.5. The molecule has 96 valence electrons. The van der Waals surface area contributed by atoms with E-state index in [0.717, 1.165) is 17.5 Å². The Morgan fingerprint density at radius 3 is 3.16 bits per heavy atom. The Labute approximate surface area is 113 Å². The molecular formula is C14H10ClFN2O. The maximum Gasteiger partial charge on any atom is 0.165 e. The summed E-state index contributed by atoms with van der Waals surface area (Å²) in [5, 5.41) is 1.94. The average molecular weight is 277 g/mol. The lowest BCUT2D eigenvalue weighted by atomic mass is 10.1. The van der Waals surface area contributed by atoms with Crippen molar-refractivity contribution in [2.45, 2.75) is 19.6 Å². The molecule has 0 amide bonds. The Kier molecular flexibility index (Phi) is 2.23. The highest BCUT2D eigenvalue weighted by Crippen LogP contribution is 2.32. The van der Waals surface area contributed by atoms with E-state index in [4.69, 9.17) is 16.3 Å². The predicted molar refractivity (Wildman–Crippen MR) is 70.8 cm³/mol. The van der Waals surface area contributed by atoms with Crippen molar-refractivity contribution in [3.63, 3.8) is 0 Å². The van der Waals surface area contributed by atoms with Crippen LogP contribution in [0, 0.1) is 0 Å². The van der Waals surface area contributed by atoms with Gasteiger partial charge in [0.25, 0.3) is 0 Å². The highest BCUT2D eigenvalue weighted by molar-refractivity contribution is 6.29. The van der Waals surface area contributed by atoms with Gasteiger partial charge < -0.3 is 9.30 Å². The molecule has 0 saturated carbocycles. The normalized spacial score (nSPS) is 16.0. The van der Waals surface area contributed by atoms with E-state index in [0.29, 0.717) is 35.0 Å². The van der Waals surface area contributed by atoms with Crippen molar-refractivity contribution < 1.29 is 9.13 Å². The second kappa shape index (κ2) is 3.84. The third kappa shape index (κ3) is 1.53. The van der Waals surface area contributed by atoms with E-state index in [1.807, 2.05) is 16.7 Å². The molecule has 0 radical (unpaired) electrons. The summed E-state index contributed by atoms with van der Waals surface area (Å²) in [4.78, 5) is 4.30. The van der Waals surface area contributed by atoms with Crippen molar-refractivity contribution in [3.05, 3.63) is 33.9 Å². The van der Waals surface area contributed by atoms with Gasteiger partial charge in [0.2, 0.25) is 0 Å². The molecule has 0 spiro atoms. The zero-order valence-electron chi connectivity index (χ0n) is 9.99. The Morgan fingerprint density at radius 1 is 1.37 bits per heavy atom. The van der Waals surface area contributed by atoms with Gasteiger partial charge in [-0.25, -0.2) is 9.37 Å². The Balaban J connectivity index is 2.10. The third-order valence-electron chi connectivity index (χ3n) is 3.55. The quantitative estimate of drug-likeness (QED) is 0.690. The van der Waals surface area contributed by atoms with Gasteiger partial charge in [0.15, 0.2) is 6.73 Å². The van der Waals surface area contributed by atoms with Crippen LogP contribution in [0.15, 0.2) is 18.2 Å². The zero-order chi connectivity index (χ0) is 13.0. The van der Waals surface area contributed by atoms with Crippen molar-refractivity contribution in [1.82, 2.24) is 9.55 Å². The van der Waals surface area contributed by atoms with Gasteiger partial charge in [0.05, 0.1) is 11.0 Å². The number of fused-ring (bicyclic) bond motifs is 5. The number of nitrogens with zero attached hydrogens (tertiary/aromatic N) is 2. The monoisotopic (exact) mass is 276 g/mol. The highest BCUT2D eigenvalue weighted by Gasteiger charge is 2.22. The van der Waals surface area contributed by atoms with E-state index in [-0.39, 0.29) is 5.83 Å². The molecule has 0 bridgehead atoms. The summed E-state index contributed by atoms with van der Waals surface area (Å²) in [6.45, 7) is 0.380. The number of hydrogen-bond acceptors (Lipinski definition) is 2. The molecule has 1 aliphatic heterocycles. The highest BCUT2D eigenvalue weighted by atomic mass is 35.5. The van der Waals surface area contributed by atoms with Crippen LogP contribution in [0.5, 0.6) is 5.75 Å². The minimum Gasteiger partial charge on any atom is -0.470 e. The molecule has 1 aliphatic carbocycles. The van der Waals surface area contributed by atoms with Crippen LogP contribution in [0.25, 0.3) is 23.3 Å². The molecule has 0 unspecified atom stereocenters. The van der Waals surface area contributed by atoms with E-state index in [1.165, 1.54) is 0 Å². The van der Waals surface area contributed by atoms with Crippen molar-refractivity contribution in [1.29, 1.82) is 0 Å². The minimum absolute atomic E-state index is 0.0667. The molecular weight excluding hydrogens is 267 g/mol. The summed E-state index contributed by atoms with van der Waals surface area (Å²) in [6, 6.07) is 5.33. The van der Waals surface area contributed by atoms with E-state index >= 15 is 0 Å². The number of pyridine rings is 1. The Bertz CT molecular complexity index is 810. The molecule has 0 aromatic carbocycles. The fourth-order valence-corrected chi connectivity index (χ4v) is 2.81. The van der Waals surface area contributed by atoms with Gasteiger partial charge in [-0.2, -0.15) is 0 Å². The SMILES string of the molecule is FC1=c2cc3n(c2=CCC1)COc1ccc(Cl)nc1-3. The Hall–Kier alpha value is -1.81. The number of rotatable bonds is 0. The molecule has 5 heteroatoms. The van der Waals surface area contributed by atoms with Crippen LogP contribution in [0.1, 0.15) is 12.8 Å². The molecule has 3 heterocycles. The molecule has 2 aromatic rings. The van der Waals surface area contributed by atoms with Gasteiger partial charge in [-0.15, -0.1) is 0 Å². The third-order valence-corrected chi connectivity index (χ3v) is 3.76.